The summed E-state index contributed by atoms with van der Waals surface area (Å²) in [5.41, 5.74) is 7.85. The molecule has 0 unspecified atom stereocenters. The molecular formula is C7H20N4. The second-order valence-corrected chi connectivity index (χ2v) is 2.61. The van der Waals surface area contributed by atoms with Gasteiger partial charge < -0.3 is 0 Å². The average molecular weight is 160 g/mol. The number of hydrazine groups is 3. The Morgan fingerprint density at radius 3 is 2.45 bits per heavy atom. The van der Waals surface area contributed by atoms with Crippen molar-refractivity contribution >= 4 is 0 Å². The van der Waals surface area contributed by atoms with Gasteiger partial charge in [-0.15, -0.1) is 0 Å². The van der Waals surface area contributed by atoms with Crippen LogP contribution in [0.5, 0.6) is 0 Å². The second-order valence-electron chi connectivity index (χ2n) is 2.61. The van der Waals surface area contributed by atoms with Crippen LogP contribution in [0.1, 0.15) is 39.0 Å². The van der Waals surface area contributed by atoms with Gasteiger partial charge in [0.15, 0.2) is 0 Å². The fraction of sp³-hybridized carbons (Fsp3) is 1.00. The van der Waals surface area contributed by atoms with Crippen molar-refractivity contribution in [1.82, 2.24) is 16.5 Å². The number of nitrogens with two attached hydrogens (primary N) is 1. The van der Waals surface area contributed by atoms with Gasteiger partial charge in [0.05, 0.1) is 0 Å². The van der Waals surface area contributed by atoms with Gasteiger partial charge in [-0.05, 0) is 6.42 Å². The van der Waals surface area contributed by atoms with E-state index in [1.807, 2.05) is 0 Å². The van der Waals surface area contributed by atoms with Crippen molar-refractivity contribution in [3.63, 3.8) is 0 Å². The third-order valence-corrected chi connectivity index (χ3v) is 1.57. The minimum absolute atomic E-state index is 0.966. The Hall–Kier alpha value is -0.160. The zero-order chi connectivity index (χ0) is 8.36. The first kappa shape index (κ1) is 10.8. The molecule has 0 saturated carbocycles. The molecule has 68 valence electrons. The lowest BCUT2D eigenvalue weighted by atomic mass is 10.2. The molecule has 0 radical (unpaired) electrons. The van der Waals surface area contributed by atoms with Crippen LogP contribution in [0.4, 0.5) is 0 Å². The van der Waals surface area contributed by atoms with Gasteiger partial charge in [-0.3, -0.25) is 5.84 Å². The van der Waals surface area contributed by atoms with E-state index in [2.05, 4.69) is 23.4 Å². The minimum Gasteiger partial charge on any atom is -0.257 e. The molecule has 11 heavy (non-hydrogen) atoms. The summed E-state index contributed by atoms with van der Waals surface area (Å²) in [5.74, 6) is 4.97. The first-order valence-corrected chi connectivity index (χ1v) is 4.35. The van der Waals surface area contributed by atoms with E-state index in [1.165, 1.54) is 32.1 Å². The van der Waals surface area contributed by atoms with Crippen LogP contribution in [0.3, 0.4) is 0 Å². The Morgan fingerprint density at radius 1 is 1.09 bits per heavy atom. The van der Waals surface area contributed by atoms with Gasteiger partial charge in [-0.2, -0.15) is 11.1 Å². The normalized spacial score (nSPS) is 10.4. The maximum absolute atomic E-state index is 4.97. The summed E-state index contributed by atoms with van der Waals surface area (Å²) in [5, 5.41) is 0. The van der Waals surface area contributed by atoms with Gasteiger partial charge in [-0.25, -0.2) is 5.43 Å². The highest BCUT2D eigenvalue weighted by Gasteiger charge is 1.87. The summed E-state index contributed by atoms with van der Waals surface area (Å²) < 4.78 is 0. The van der Waals surface area contributed by atoms with E-state index in [1.54, 1.807) is 0 Å². The number of rotatable bonds is 8. The molecule has 0 rings (SSSR count). The van der Waals surface area contributed by atoms with Crippen LogP contribution in [0.2, 0.25) is 0 Å². The summed E-state index contributed by atoms with van der Waals surface area (Å²) >= 11 is 0. The molecule has 0 spiro atoms. The van der Waals surface area contributed by atoms with Crippen molar-refractivity contribution < 1.29 is 0 Å². The maximum atomic E-state index is 4.97. The van der Waals surface area contributed by atoms with Crippen LogP contribution in [0, 0.1) is 0 Å². The smallest absolute Gasteiger partial charge is 0.0113 e. The Kier molecular flexibility index (Phi) is 9.70. The van der Waals surface area contributed by atoms with Gasteiger partial charge in [-0.1, -0.05) is 32.6 Å². The molecule has 0 saturated heterocycles. The minimum atomic E-state index is 0.966. The van der Waals surface area contributed by atoms with Gasteiger partial charge >= 0.3 is 0 Å². The molecule has 5 N–H and O–H groups in total. The van der Waals surface area contributed by atoms with Crippen LogP contribution in [-0.4, -0.2) is 6.54 Å². The number of unbranched alkanes of at least 4 members (excludes halogenated alkanes) is 4. The molecule has 4 nitrogen and oxygen atoms in total. The average Bonchev–Trinajstić information content (AvgIpc) is 2.03. The van der Waals surface area contributed by atoms with Crippen molar-refractivity contribution in [1.29, 1.82) is 0 Å². The largest absolute Gasteiger partial charge is 0.257 e. The quantitative estimate of drug-likeness (QED) is 0.236. The van der Waals surface area contributed by atoms with Crippen LogP contribution in [-0.2, 0) is 0 Å². The lowest BCUT2D eigenvalue weighted by molar-refractivity contribution is 0.432. The lowest BCUT2D eigenvalue weighted by Crippen LogP contribution is -2.47. The summed E-state index contributed by atoms with van der Waals surface area (Å²) in [6, 6.07) is 0. The van der Waals surface area contributed by atoms with E-state index in [0.29, 0.717) is 0 Å². The predicted molar refractivity (Wildman–Crippen MR) is 47.2 cm³/mol. The molecule has 0 bridgehead atoms. The van der Waals surface area contributed by atoms with Crippen molar-refractivity contribution in [3.8, 4) is 0 Å². The highest BCUT2D eigenvalue weighted by Crippen LogP contribution is 2.00. The zero-order valence-electron chi connectivity index (χ0n) is 7.32. The Bertz CT molecular complexity index is 59.5. The SMILES string of the molecule is CCCCCCCNNNN. The Morgan fingerprint density at radius 2 is 1.82 bits per heavy atom. The molecule has 0 aromatic heterocycles. The van der Waals surface area contributed by atoms with Gasteiger partial charge in [0.1, 0.15) is 0 Å². The number of nitrogens with one attached hydrogen (secondary N) is 3. The number of hydrogen-bond acceptors (Lipinski definition) is 4. The molecule has 4 heteroatoms. The van der Waals surface area contributed by atoms with Crippen LogP contribution in [0.15, 0.2) is 0 Å². The molecule has 0 aliphatic rings. The topological polar surface area (TPSA) is 62.1 Å². The molecule has 0 fully saturated rings. The summed E-state index contributed by atoms with van der Waals surface area (Å²) in [4.78, 5) is 0. The standard InChI is InChI=1S/C7H20N4/c1-2-3-4-5-6-7-9-11-10-8/h9-11H,2-8H2,1H3. The van der Waals surface area contributed by atoms with Crippen molar-refractivity contribution in [2.24, 2.45) is 5.84 Å². The summed E-state index contributed by atoms with van der Waals surface area (Å²) in [7, 11) is 0. The Balaban J connectivity index is 2.69. The first-order chi connectivity index (χ1) is 5.41. The summed E-state index contributed by atoms with van der Waals surface area (Å²) in [6.45, 7) is 3.19. The molecule has 0 amide bonds. The third-order valence-electron chi connectivity index (χ3n) is 1.57. The molecule has 0 aliphatic carbocycles. The molecule has 0 aromatic carbocycles. The monoisotopic (exact) mass is 160 g/mol. The predicted octanol–water partition coefficient (Wildman–Crippen LogP) is 0.429. The zero-order valence-corrected chi connectivity index (χ0v) is 7.32. The van der Waals surface area contributed by atoms with E-state index in [4.69, 9.17) is 5.84 Å². The van der Waals surface area contributed by atoms with Gasteiger partial charge in [0.25, 0.3) is 0 Å². The summed E-state index contributed by atoms with van der Waals surface area (Å²) in [6.07, 6.45) is 6.49. The Labute approximate surface area is 68.8 Å². The van der Waals surface area contributed by atoms with E-state index in [-0.39, 0.29) is 0 Å². The fourth-order valence-electron chi connectivity index (χ4n) is 0.930. The highest BCUT2D eigenvalue weighted by atomic mass is 15.7. The van der Waals surface area contributed by atoms with E-state index in [9.17, 15) is 0 Å². The van der Waals surface area contributed by atoms with Crippen LogP contribution in [0.25, 0.3) is 0 Å². The maximum Gasteiger partial charge on any atom is 0.0113 e. The number of hydrogen-bond donors (Lipinski definition) is 4. The van der Waals surface area contributed by atoms with Gasteiger partial charge in [0, 0.05) is 6.54 Å². The molecular weight excluding hydrogens is 140 g/mol. The van der Waals surface area contributed by atoms with Crippen LogP contribution < -0.4 is 22.3 Å². The van der Waals surface area contributed by atoms with Crippen molar-refractivity contribution in [2.45, 2.75) is 39.0 Å². The highest BCUT2D eigenvalue weighted by molar-refractivity contribution is 4.43. The van der Waals surface area contributed by atoms with E-state index < -0.39 is 0 Å². The van der Waals surface area contributed by atoms with Crippen molar-refractivity contribution in [3.05, 3.63) is 0 Å². The third kappa shape index (κ3) is 9.84. The molecule has 0 aromatic rings. The lowest BCUT2D eigenvalue weighted by Gasteiger charge is -2.03. The van der Waals surface area contributed by atoms with Gasteiger partial charge in [0.2, 0.25) is 0 Å². The van der Waals surface area contributed by atoms with E-state index in [0.717, 1.165) is 6.54 Å². The molecule has 0 heterocycles. The first-order valence-electron chi connectivity index (χ1n) is 4.35. The molecule has 0 atom stereocenters. The van der Waals surface area contributed by atoms with Crippen molar-refractivity contribution in [2.75, 3.05) is 6.54 Å². The van der Waals surface area contributed by atoms with Crippen LogP contribution >= 0.6 is 0 Å². The van der Waals surface area contributed by atoms with E-state index >= 15 is 0 Å². The molecule has 0 aliphatic heterocycles. The fourth-order valence-corrected chi connectivity index (χ4v) is 0.930. The second kappa shape index (κ2) is 9.84.